The van der Waals surface area contributed by atoms with E-state index < -0.39 is 6.04 Å². The summed E-state index contributed by atoms with van der Waals surface area (Å²) in [5, 5.41) is 5.70. The molecule has 0 aliphatic carbocycles. The lowest BCUT2D eigenvalue weighted by Crippen LogP contribution is -2.49. The highest BCUT2D eigenvalue weighted by Gasteiger charge is 2.25. The van der Waals surface area contributed by atoms with Gasteiger partial charge < -0.3 is 20.4 Å². The summed E-state index contributed by atoms with van der Waals surface area (Å²) >= 11 is 0. The molecule has 2 amide bonds. The van der Waals surface area contributed by atoms with Crippen LogP contribution in [0.2, 0.25) is 0 Å². The van der Waals surface area contributed by atoms with E-state index in [9.17, 15) is 9.59 Å². The Hall–Kier alpha value is -3.61. The Bertz CT molecular complexity index is 1010. The van der Waals surface area contributed by atoms with Crippen molar-refractivity contribution in [1.29, 1.82) is 0 Å². The molecule has 1 unspecified atom stereocenters. The van der Waals surface area contributed by atoms with Crippen molar-refractivity contribution < 1.29 is 14.3 Å². The zero-order chi connectivity index (χ0) is 22.2. The number of carbonyl (C=O) groups is 2. The second kappa shape index (κ2) is 10.4. The molecule has 0 radical (unpaired) electrons. The van der Waals surface area contributed by atoms with E-state index in [1.54, 1.807) is 24.4 Å². The van der Waals surface area contributed by atoms with Gasteiger partial charge in [0.1, 0.15) is 17.6 Å². The molecule has 7 nitrogen and oxygen atoms in total. The summed E-state index contributed by atoms with van der Waals surface area (Å²) in [6.45, 7) is 6.32. The first-order valence-corrected chi connectivity index (χ1v) is 10.4. The van der Waals surface area contributed by atoms with Crippen molar-refractivity contribution in [2.24, 2.45) is 5.92 Å². The van der Waals surface area contributed by atoms with Crippen LogP contribution >= 0.6 is 0 Å². The van der Waals surface area contributed by atoms with Crippen LogP contribution in [0.5, 0.6) is 5.75 Å². The number of nitrogens with one attached hydrogen (secondary N) is 3. The van der Waals surface area contributed by atoms with Crippen molar-refractivity contribution in [2.75, 3.05) is 6.61 Å². The highest BCUT2D eigenvalue weighted by molar-refractivity contribution is 5.99. The highest BCUT2D eigenvalue weighted by atomic mass is 16.5. The van der Waals surface area contributed by atoms with Crippen LogP contribution in [0.4, 0.5) is 0 Å². The third-order valence-electron chi connectivity index (χ3n) is 4.81. The molecule has 31 heavy (non-hydrogen) atoms. The van der Waals surface area contributed by atoms with Crippen molar-refractivity contribution in [3.63, 3.8) is 0 Å². The molecule has 0 fully saturated rings. The number of hydrogen-bond acceptors (Lipinski definition) is 4. The van der Waals surface area contributed by atoms with Gasteiger partial charge in [-0.1, -0.05) is 56.3 Å². The molecule has 2 aromatic carbocycles. The number of aromatic amines is 1. The van der Waals surface area contributed by atoms with Gasteiger partial charge in [0.05, 0.1) is 30.6 Å². The zero-order valence-electron chi connectivity index (χ0n) is 18.0. The first-order chi connectivity index (χ1) is 15.0. The molecule has 0 bridgehead atoms. The molecule has 3 N–H and O–H groups in total. The van der Waals surface area contributed by atoms with E-state index in [-0.39, 0.29) is 24.3 Å². The second-order valence-corrected chi connectivity index (χ2v) is 7.45. The molecule has 3 aromatic rings. The molecule has 1 heterocycles. The van der Waals surface area contributed by atoms with Crippen LogP contribution in [0, 0.1) is 5.92 Å². The van der Waals surface area contributed by atoms with E-state index in [0.29, 0.717) is 23.7 Å². The number of imidazole rings is 1. The van der Waals surface area contributed by atoms with Crippen molar-refractivity contribution in [3.05, 3.63) is 72.2 Å². The second-order valence-electron chi connectivity index (χ2n) is 7.45. The standard InChI is InChI=1S/C24H28N4O3/c1-4-31-20-13-9-8-12-18(20)23(29)28-22(16(2)3)24(30)26-15-21-25-14-19(27-21)17-10-6-5-7-11-17/h5-14,16,22H,4,15H2,1-3H3,(H,25,27)(H,26,30)(H,28,29). The first kappa shape index (κ1) is 22.1. The van der Waals surface area contributed by atoms with E-state index in [1.165, 1.54) is 0 Å². The Kier molecular flexibility index (Phi) is 7.43. The number of nitrogens with zero attached hydrogens (tertiary/aromatic N) is 1. The molecular weight excluding hydrogens is 392 g/mol. The normalized spacial score (nSPS) is 11.7. The fraction of sp³-hybridized carbons (Fsp3) is 0.292. The number of benzene rings is 2. The predicted molar refractivity (Wildman–Crippen MR) is 120 cm³/mol. The van der Waals surface area contributed by atoms with E-state index in [2.05, 4.69) is 20.6 Å². The van der Waals surface area contributed by atoms with Crippen molar-refractivity contribution in [1.82, 2.24) is 20.6 Å². The first-order valence-electron chi connectivity index (χ1n) is 10.4. The maximum absolute atomic E-state index is 12.8. The Labute approximate surface area is 182 Å². The van der Waals surface area contributed by atoms with E-state index in [0.717, 1.165) is 11.3 Å². The average molecular weight is 421 g/mol. The van der Waals surface area contributed by atoms with Crippen LogP contribution in [-0.2, 0) is 11.3 Å². The summed E-state index contributed by atoms with van der Waals surface area (Å²) in [6.07, 6.45) is 1.74. The largest absolute Gasteiger partial charge is 0.493 e. The summed E-state index contributed by atoms with van der Waals surface area (Å²) in [7, 11) is 0. The van der Waals surface area contributed by atoms with Gasteiger partial charge >= 0.3 is 0 Å². The molecule has 0 saturated carbocycles. The van der Waals surface area contributed by atoms with Gasteiger partial charge in [-0.2, -0.15) is 0 Å². The maximum Gasteiger partial charge on any atom is 0.255 e. The molecule has 0 aliphatic rings. The lowest BCUT2D eigenvalue weighted by atomic mass is 10.0. The molecule has 3 rings (SSSR count). The summed E-state index contributed by atoms with van der Waals surface area (Å²) in [4.78, 5) is 33.2. The number of hydrogen-bond donors (Lipinski definition) is 3. The summed E-state index contributed by atoms with van der Waals surface area (Å²) in [6, 6.07) is 16.1. The predicted octanol–water partition coefficient (Wildman–Crippen LogP) is 3.55. The molecule has 7 heteroatoms. The number of amides is 2. The molecule has 0 aliphatic heterocycles. The molecule has 1 aromatic heterocycles. The average Bonchev–Trinajstić information content (AvgIpc) is 3.26. The van der Waals surface area contributed by atoms with E-state index in [1.807, 2.05) is 57.2 Å². The minimum absolute atomic E-state index is 0.0975. The van der Waals surface area contributed by atoms with Crippen molar-refractivity contribution >= 4 is 11.8 Å². The van der Waals surface area contributed by atoms with Crippen LogP contribution in [-0.4, -0.2) is 34.4 Å². The van der Waals surface area contributed by atoms with Crippen molar-refractivity contribution in [2.45, 2.75) is 33.4 Å². The fourth-order valence-corrected chi connectivity index (χ4v) is 3.19. The summed E-state index contributed by atoms with van der Waals surface area (Å²) < 4.78 is 5.53. The maximum atomic E-state index is 12.8. The molecule has 0 saturated heterocycles. The van der Waals surface area contributed by atoms with Gasteiger partial charge in [-0.05, 0) is 30.5 Å². The number of rotatable bonds is 9. The molecule has 162 valence electrons. The molecular formula is C24H28N4O3. The number of carbonyl (C=O) groups excluding carboxylic acids is 2. The lowest BCUT2D eigenvalue weighted by molar-refractivity contribution is -0.124. The van der Waals surface area contributed by atoms with Crippen LogP contribution in [0.3, 0.4) is 0 Å². The van der Waals surface area contributed by atoms with Gasteiger partial charge in [0, 0.05) is 0 Å². The smallest absolute Gasteiger partial charge is 0.255 e. The monoisotopic (exact) mass is 420 g/mol. The van der Waals surface area contributed by atoms with Gasteiger partial charge in [-0.15, -0.1) is 0 Å². The molecule has 0 spiro atoms. The van der Waals surface area contributed by atoms with Crippen LogP contribution < -0.4 is 15.4 Å². The number of para-hydroxylation sites is 1. The third-order valence-corrected chi connectivity index (χ3v) is 4.81. The number of ether oxygens (including phenoxy) is 1. The minimum atomic E-state index is -0.689. The zero-order valence-corrected chi connectivity index (χ0v) is 18.0. The Morgan fingerprint density at radius 2 is 1.77 bits per heavy atom. The lowest BCUT2D eigenvalue weighted by Gasteiger charge is -2.22. The summed E-state index contributed by atoms with van der Waals surface area (Å²) in [5.74, 6) is 0.425. The van der Waals surface area contributed by atoms with Crippen LogP contribution in [0.1, 0.15) is 37.0 Å². The fourth-order valence-electron chi connectivity index (χ4n) is 3.19. The Morgan fingerprint density at radius 1 is 1.06 bits per heavy atom. The van der Waals surface area contributed by atoms with Gasteiger partial charge in [0.25, 0.3) is 5.91 Å². The van der Waals surface area contributed by atoms with Gasteiger partial charge in [-0.3, -0.25) is 9.59 Å². The minimum Gasteiger partial charge on any atom is -0.493 e. The SMILES string of the molecule is CCOc1ccccc1C(=O)NC(C(=O)NCc1ncc(-c2ccccc2)[nH]1)C(C)C. The highest BCUT2D eigenvalue weighted by Crippen LogP contribution is 2.19. The molecule has 1 atom stereocenters. The van der Waals surface area contributed by atoms with E-state index >= 15 is 0 Å². The Balaban J connectivity index is 1.63. The van der Waals surface area contributed by atoms with Crippen LogP contribution in [0.25, 0.3) is 11.3 Å². The summed E-state index contributed by atoms with van der Waals surface area (Å²) in [5.41, 5.74) is 2.31. The van der Waals surface area contributed by atoms with Crippen molar-refractivity contribution in [3.8, 4) is 17.0 Å². The third kappa shape index (κ3) is 5.72. The van der Waals surface area contributed by atoms with Gasteiger partial charge in [-0.25, -0.2) is 4.98 Å². The van der Waals surface area contributed by atoms with E-state index in [4.69, 9.17) is 4.74 Å². The Morgan fingerprint density at radius 3 is 2.48 bits per heavy atom. The van der Waals surface area contributed by atoms with Crippen LogP contribution in [0.15, 0.2) is 60.8 Å². The number of aromatic nitrogens is 2. The number of H-pyrrole nitrogens is 1. The van der Waals surface area contributed by atoms with Gasteiger partial charge in [0.15, 0.2) is 0 Å². The topological polar surface area (TPSA) is 96.1 Å². The quantitative estimate of drug-likeness (QED) is 0.493. The van der Waals surface area contributed by atoms with Gasteiger partial charge in [0.2, 0.25) is 5.91 Å².